The lowest BCUT2D eigenvalue weighted by Gasteiger charge is -2.20. The SMILES string of the molecule is CCCc1ccc(C(=O)c2cc(CCC)ccc2C(=O)N2CCC(c3cn(Cc4ccc(Br)cc4)c4ccccc34)C2)c(Cc2ccc(Br)cc2)c1. The molecule has 1 unspecified atom stereocenters. The van der Waals surface area contributed by atoms with Crippen molar-refractivity contribution in [2.24, 2.45) is 0 Å². The lowest BCUT2D eigenvalue weighted by molar-refractivity contribution is 0.0786. The first-order valence-electron chi connectivity index (χ1n) is 18.5. The van der Waals surface area contributed by atoms with Gasteiger partial charge in [0.2, 0.25) is 0 Å². The van der Waals surface area contributed by atoms with Gasteiger partial charge in [-0.05, 0) is 102 Å². The first kappa shape index (κ1) is 36.1. The molecule has 1 aliphatic rings. The van der Waals surface area contributed by atoms with Gasteiger partial charge in [-0.3, -0.25) is 9.59 Å². The maximum absolute atomic E-state index is 14.7. The highest BCUT2D eigenvalue weighted by Crippen LogP contribution is 2.35. The summed E-state index contributed by atoms with van der Waals surface area (Å²) in [7, 11) is 0. The van der Waals surface area contributed by atoms with Crippen LogP contribution in [0.25, 0.3) is 10.9 Å². The number of hydrogen-bond acceptors (Lipinski definition) is 2. The average Bonchev–Trinajstić information content (AvgIpc) is 3.79. The number of rotatable bonds is 12. The molecule has 1 saturated heterocycles. The molecule has 0 N–H and O–H groups in total. The lowest BCUT2D eigenvalue weighted by Crippen LogP contribution is -2.30. The Morgan fingerprint density at radius 1 is 0.692 bits per heavy atom. The summed E-state index contributed by atoms with van der Waals surface area (Å²) in [5.41, 5.74) is 9.84. The normalized spacial score (nSPS) is 14.3. The van der Waals surface area contributed by atoms with Gasteiger partial charge in [-0.15, -0.1) is 0 Å². The van der Waals surface area contributed by atoms with E-state index >= 15 is 0 Å². The van der Waals surface area contributed by atoms with Gasteiger partial charge in [-0.25, -0.2) is 0 Å². The van der Waals surface area contributed by atoms with E-state index < -0.39 is 0 Å². The molecular formula is C46H44Br2N2O2. The first-order valence-corrected chi connectivity index (χ1v) is 20.0. The molecule has 264 valence electrons. The number of ketones is 1. The first-order chi connectivity index (χ1) is 25.3. The van der Waals surface area contributed by atoms with E-state index in [0.29, 0.717) is 36.2 Å². The summed E-state index contributed by atoms with van der Waals surface area (Å²) in [6.45, 7) is 6.37. The molecule has 0 spiro atoms. The van der Waals surface area contributed by atoms with E-state index in [1.807, 2.05) is 41.3 Å². The molecule has 1 atom stereocenters. The Balaban J connectivity index is 1.19. The van der Waals surface area contributed by atoms with E-state index in [-0.39, 0.29) is 17.6 Å². The molecule has 1 amide bonds. The number of aryl methyl sites for hydroxylation is 2. The maximum Gasteiger partial charge on any atom is 0.254 e. The molecule has 0 bridgehead atoms. The number of fused-ring (bicyclic) bond motifs is 1. The Kier molecular flexibility index (Phi) is 11.2. The number of carbonyl (C=O) groups excluding carboxylic acids is 2. The minimum absolute atomic E-state index is 0.0652. The molecule has 6 aromatic rings. The van der Waals surface area contributed by atoms with Gasteiger partial charge >= 0.3 is 0 Å². The highest BCUT2D eigenvalue weighted by Gasteiger charge is 2.32. The number of aromatic nitrogens is 1. The van der Waals surface area contributed by atoms with Crippen LogP contribution in [0, 0.1) is 0 Å². The molecule has 0 saturated carbocycles. The largest absolute Gasteiger partial charge is 0.343 e. The monoisotopic (exact) mass is 814 g/mol. The molecule has 1 aliphatic heterocycles. The van der Waals surface area contributed by atoms with Crippen LogP contribution in [0.3, 0.4) is 0 Å². The van der Waals surface area contributed by atoms with Gasteiger partial charge in [0, 0.05) is 62.7 Å². The van der Waals surface area contributed by atoms with Crippen LogP contribution in [0.4, 0.5) is 0 Å². The van der Waals surface area contributed by atoms with Gasteiger partial charge < -0.3 is 9.47 Å². The third kappa shape index (κ3) is 7.89. The summed E-state index contributed by atoms with van der Waals surface area (Å²) in [4.78, 5) is 31.2. The fraction of sp³-hybridized carbons (Fsp3) is 0.261. The zero-order chi connectivity index (χ0) is 36.2. The fourth-order valence-electron chi connectivity index (χ4n) is 7.72. The van der Waals surface area contributed by atoms with Gasteiger partial charge in [-0.1, -0.05) is 125 Å². The summed E-state index contributed by atoms with van der Waals surface area (Å²) in [6, 6.07) is 37.5. The quantitative estimate of drug-likeness (QED) is 0.115. The second-order valence-electron chi connectivity index (χ2n) is 14.1. The third-order valence-electron chi connectivity index (χ3n) is 10.4. The molecule has 0 radical (unpaired) electrons. The van der Waals surface area contributed by atoms with Crippen molar-refractivity contribution >= 4 is 54.5 Å². The third-order valence-corrected chi connectivity index (χ3v) is 11.4. The van der Waals surface area contributed by atoms with E-state index in [1.165, 1.54) is 27.6 Å². The Bertz CT molecular complexity index is 2220. The van der Waals surface area contributed by atoms with E-state index in [4.69, 9.17) is 0 Å². The van der Waals surface area contributed by atoms with Crippen molar-refractivity contribution in [1.82, 2.24) is 9.47 Å². The van der Waals surface area contributed by atoms with Crippen molar-refractivity contribution in [3.63, 3.8) is 0 Å². The van der Waals surface area contributed by atoms with Crippen LogP contribution in [0.1, 0.15) is 98.7 Å². The van der Waals surface area contributed by atoms with Crippen LogP contribution in [-0.4, -0.2) is 34.2 Å². The molecule has 2 heterocycles. The molecule has 1 fully saturated rings. The lowest BCUT2D eigenvalue weighted by atomic mass is 9.89. The van der Waals surface area contributed by atoms with Gasteiger partial charge in [0.1, 0.15) is 0 Å². The minimum atomic E-state index is -0.0803. The van der Waals surface area contributed by atoms with E-state index in [1.54, 1.807) is 0 Å². The van der Waals surface area contributed by atoms with Crippen LogP contribution in [-0.2, 0) is 25.8 Å². The Labute approximate surface area is 324 Å². The fourth-order valence-corrected chi connectivity index (χ4v) is 8.25. The summed E-state index contributed by atoms with van der Waals surface area (Å²) in [5.74, 6) is 0.0648. The molecule has 1 aromatic heterocycles. The average molecular weight is 817 g/mol. The summed E-state index contributed by atoms with van der Waals surface area (Å²) < 4.78 is 4.43. The standard InChI is InChI=1S/C46H44Br2N2O2/c1-3-7-31-15-21-39(36(25-31)26-33-11-17-37(47)18-12-33)45(51)42-27-32(8-4-2)16-22-41(42)46(52)49-24-23-35(29-49)43-30-50(44-10-6-5-9-40(43)44)28-34-13-19-38(48)20-14-34/h5-6,9-22,25,27,30,35H,3-4,7-8,23-24,26,28-29H2,1-2H3. The number of nitrogens with zero attached hydrogens (tertiary/aromatic N) is 2. The minimum Gasteiger partial charge on any atom is -0.343 e. The van der Waals surface area contributed by atoms with E-state index in [2.05, 4.69) is 129 Å². The van der Waals surface area contributed by atoms with Crippen molar-refractivity contribution in [1.29, 1.82) is 0 Å². The highest BCUT2D eigenvalue weighted by atomic mass is 79.9. The Morgan fingerprint density at radius 2 is 1.31 bits per heavy atom. The second-order valence-corrected chi connectivity index (χ2v) is 15.9. The summed E-state index contributed by atoms with van der Waals surface area (Å²) in [5, 5.41) is 1.24. The Morgan fingerprint density at radius 3 is 2.00 bits per heavy atom. The van der Waals surface area contributed by atoms with Gasteiger partial charge in [-0.2, -0.15) is 0 Å². The van der Waals surface area contributed by atoms with Crippen molar-refractivity contribution in [2.45, 2.75) is 64.8 Å². The molecular weight excluding hydrogens is 772 g/mol. The molecule has 7 rings (SSSR count). The molecule has 4 nitrogen and oxygen atoms in total. The zero-order valence-electron chi connectivity index (χ0n) is 29.9. The van der Waals surface area contributed by atoms with E-state index in [9.17, 15) is 9.59 Å². The maximum atomic E-state index is 14.7. The van der Waals surface area contributed by atoms with E-state index in [0.717, 1.165) is 64.3 Å². The Hall–Kier alpha value is -4.26. The van der Waals surface area contributed by atoms with Gasteiger partial charge in [0.05, 0.1) is 5.56 Å². The predicted octanol–water partition coefficient (Wildman–Crippen LogP) is 11.6. The van der Waals surface area contributed by atoms with Crippen molar-refractivity contribution in [2.75, 3.05) is 13.1 Å². The van der Waals surface area contributed by atoms with Gasteiger partial charge in [0.25, 0.3) is 5.91 Å². The number of likely N-dealkylation sites (tertiary alicyclic amines) is 1. The van der Waals surface area contributed by atoms with Crippen LogP contribution >= 0.6 is 31.9 Å². The number of halogens is 2. The van der Waals surface area contributed by atoms with Gasteiger partial charge in [0.15, 0.2) is 5.78 Å². The predicted molar refractivity (Wildman–Crippen MR) is 220 cm³/mol. The topological polar surface area (TPSA) is 42.3 Å². The molecule has 0 aliphatic carbocycles. The van der Waals surface area contributed by atoms with Crippen LogP contribution in [0.5, 0.6) is 0 Å². The zero-order valence-corrected chi connectivity index (χ0v) is 33.0. The van der Waals surface area contributed by atoms with Crippen LogP contribution in [0.2, 0.25) is 0 Å². The summed E-state index contributed by atoms with van der Waals surface area (Å²) >= 11 is 7.10. The highest BCUT2D eigenvalue weighted by molar-refractivity contribution is 9.10. The van der Waals surface area contributed by atoms with Crippen molar-refractivity contribution < 1.29 is 9.59 Å². The molecule has 5 aromatic carbocycles. The molecule has 6 heteroatoms. The summed E-state index contributed by atoms with van der Waals surface area (Å²) in [6.07, 6.45) is 7.62. The van der Waals surface area contributed by atoms with Crippen molar-refractivity contribution in [3.05, 3.63) is 174 Å². The number of carbonyl (C=O) groups is 2. The van der Waals surface area contributed by atoms with Crippen molar-refractivity contribution in [3.8, 4) is 0 Å². The van der Waals surface area contributed by atoms with Crippen LogP contribution < -0.4 is 0 Å². The molecule has 52 heavy (non-hydrogen) atoms. The number of amides is 1. The van der Waals surface area contributed by atoms with Crippen LogP contribution in [0.15, 0.2) is 124 Å². The number of hydrogen-bond donors (Lipinski definition) is 0. The number of para-hydroxylation sites is 1. The second kappa shape index (κ2) is 16.2. The number of benzene rings is 5. The smallest absolute Gasteiger partial charge is 0.254 e.